The summed E-state index contributed by atoms with van der Waals surface area (Å²) in [6.07, 6.45) is 5.40. The van der Waals surface area contributed by atoms with Crippen molar-refractivity contribution in [1.82, 2.24) is 19.7 Å². The van der Waals surface area contributed by atoms with Gasteiger partial charge in [-0.2, -0.15) is 5.10 Å². The molecule has 3 heterocycles. The molecule has 9 heteroatoms. The van der Waals surface area contributed by atoms with Gasteiger partial charge in [0.2, 0.25) is 11.8 Å². The molecule has 0 aliphatic heterocycles. The number of ether oxygens (including phenoxy) is 1. The number of aryl methyl sites for hydroxylation is 1. The summed E-state index contributed by atoms with van der Waals surface area (Å²) in [7, 11) is 0. The van der Waals surface area contributed by atoms with Crippen molar-refractivity contribution in [3.05, 3.63) is 48.4 Å². The molecular weight excluding hydrogens is 368 g/mol. The fourth-order valence-corrected chi connectivity index (χ4v) is 3.17. The molecule has 0 spiro atoms. The van der Waals surface area contributed by atoms with Crippen molar-refractivity contribution < 1.29 is 17.9 Å². The third kappa shape index (κ3) is 4.47. The minimum absolute atomic E-state index is 0.0543. The first-order valence-electron chi connectivity index (χ1n) is 9.17. The lowest BCUT2D eigenvalue weighted by molar-refractivity contribution is -0.0361. The fourth-order valence-electron chi connectivity index (χ4n) is 3.17. The highest BCUT2D eigenvalue weighted by Gasteiger charge is 2.35. The Morgan fingerprint density at radius 1 is 1.32 bits per heavy atom. The van der Waals surface area contributed by atoms with Crippen LogP contribution in [0, 0.1) is 6.92 Å². The van der Waals surface area contributed by atoms with E-state index in [1.807, 2.05) is 13.0 Å². The number of rotatable bonds is 6. The van der Waals surface area contributed by atoms with E-state index in [4.69, 9.17) is 9.15 Å². The van der Waals surface area contributed by atoms with Gasteiger partial charge in [0, 0.05) is 37.2 Å². The lowest BCUT2D eigenvalue weighted by atomic mass is 9.92. The van der Waals surface area contributed by atoms with E-state index in [1.165, 1.54) is 6.26 Å². The van der Waals surface area contributed by atoms with Gasteiger partial charge in [-0.15, -0.1) is 0 Å². The summed E-state index contributed by atoms with van der Waals surface area (Å²) in [5.74, 6) is -0.424. The molecule has 1 N–H and O–H groups in total. The number of halogens is 2. The summed E-state index contributed by atoms with van der Waals surface area (Å²) in [6, 6.07) is 5.32. The lowest BCUT2D eigenvalue weighted by Gasteiger charge is -2.29. The molecule has 3 aromatic rings. The summed E-state index contributed by atoms with van der Waals surface area (Å²) in [6.45, 7) is 2.06. The maximum Gasteiger partial charge on any atom is 0.248 e. The van der Waals surface area contributed by atoms with Crippen LogP contribution in [-0.4, -0.2) is 31.7 Å². The van der Waals surface area contributed by atoms with Gasteiger partial charge in [0.15, 0.2) is 12.4 Å². The molecule has 0 unspecified atom stereocenters. The van der Waals surface area contributed by atoms with Crippen LogP contribution in [0.1, 0.15) is 37.3 Å². The second-order valence-electron chi connectivity index (χ2n) is 6.94. The third-order valence-electron chi connectivity index (χ3n) is 4.66. The molecule has 0 radical (unpaired) electrons. The molecule has 0 saturated heterocycles. The highest BCUT2D eigenvalue weighted by atomic mass is 19.3. The number of hydrogen-bond donors (Lipinski definition) is 1. The first kappa shape index (κ1) is 18.4. The van der Waals surface area contributed by atoms with Crippen LogP contribution in [0.5, 0.6) is 5.75 Å². The number of nitrogens with zero attached hydrogens (tertiary/aromatic N) is 4. The standard InChI is InChI=1S/C19H21F2N5O2/c1-13-4-8-26(25-13)17-11-15(28-12-18-22-7-9-27-18)10-16(24-17)23-14-2-5-19(20,21)6-3-14/h4,7-11,14H,2-3,5-6,12H2,1H3,(H,23,24). The predicted molar refractivity (Wildman–Crippen MR) is 97.8 cm³/mol. The first-order valence-corrected chi connectivity index (χ1v) is 9.17. The van der Waals surface area contributed by atoms with Gasteiger partial charge in [0.25, 0.3) is 0 Å². The van der Waals surface area contributed by atoms with Crippen molar-refractivity contribution in [2.45, 2.75) is 51.2 Å². The maximum absolute atomic E-state index is 13.4. The van der Waals surface area contributed by atoms with E-state index in [0.29, 0.717) is 36.1 Å². The quantitative estimate of drug-likeness (QED) is 0.683. The average Bonchev–Trinajstić information content (AvgIpc) is 3.33. The number of oxazole rings is 1. The Balaban J connectivity index is 1.54. The van der Waals surface area contributed by atoms with Crippen molar-refractivity contribution in [1.29, 1.82) is 0 Å². The van der Waals surface area contributed by atoms with Gasteiger partial charge in [-0.05, 0) is 25.8 Å². The van der Waals surface area contributed by atoms with Gasteiger partial charge in [-0.25, -0.2) is 23.4 Å². The fraction of sp³-hybridized carbons (Fsp3) is 0.421. The molecule has 0 amide bonds. The number of hydrogen-bond acceptors (Lipinski definition) is 6. The van der Waals surface area contributed by atoms with Gasteiger partial charge in [0.05, 0.1) is 11.9 Å². The van der Waals surface area contributed by atoms with Crippen LogP contribution in [0.3, 0.4) is 0 Å². The van der Waals surface area contributed by atoms with Crippen LogP contribution in [0.25, 0.3) is 5.82 Å². The van der Waals surface area contributed by atoms with E-state index in [2.05, 4.69) is 20.4 Å². The predicted octanol–water partition coefficient (Wildman–Crippen LogP) is 4.13. The Morgan fingerprint density at radius 3 is 2.82 bits per heavy atom. The number of alkyl halides is 2. The van der Waals surface area contributed by atoms with Gasteiger partial charge in [-0.3, -0.25) is 0 Å². The normalized spacial score (nSPS) is 16.8. The Kier molecular flexibility index (Phi) is 4.97. The molecule has 7 nitrogen and oxygen atoms in total. The van der Waals surface area contributed by atoms with Gasteiger partial charge in [-0.1, -0.05) is 0 Å². The maximum atomic E-state index is 13.4. The SMILES string of the molecule is Cc1ccn(-c2cc(OCc3ncco3)cc(NC3CCC(F)(F)CC3)n2)n1. The molecule has 0 atom stereocenters. The molecule has 1 aliphatic rings. The highest BCUT2D eigenvalue weighted by Crippen LogP contribution is 2.34. The van der Waals surface area contributed by atoms with E-state index < -0.39 is 5.92 Å². The van der Waals surface area contributed by atoms with E-state index >= 15 is 0 Å². The van der Waals surface area contributed by atoms with Gasteiger partial charge in [0.1, 0.15) is 17.8 Å². The summed E-state index contributed by atoms with van der Waals surface area (Å²) in [5, 5.41) is 7.64. The van der Waals surface area contributed by atoms with Crippen LogP contribution in [0.2, 0.25) is 0 Å². The van der Waals surface area contributed by atoms with Crippen LogP contribution >= 0.6 is 0 Å². The average molecular weight is 389 g/mol. The van der Waals surface area contributed by atoms with Crippen molar-refractivity contribution in [2.75, 3.05) is 5.32 Å². The second-order valence-corrected chi connectivity index (χ2v) is 6.94. The minimum Gasteiger partial charge on any atom is -0.484 e. The monoisotopic (exact) mass is 389 g/mol. The van der Waals surface area contributed by atoms with Crippen LogP contribution in [0.15, 0.2) is 41.3 Å². The third-order valence-corrected chi connectivity index (χ3v) is 4.66. The molecule has 4 rings (SSSR count). The van der Waals surface area contributed by atoms with E-state index in [0.717, 1.165) is 5.69 Å². The lowest BCUT2D eigenvalue weighted by Crippen LogP contribution is -2.32. The number of anilines is 1. The van der Waals surface area contributed by atoms with E-state index in [9.17, 15) is 8.78 Å². The molecule has 148 valence electrons. The van der Waals surface area contributed by atoms with Crippen molar-refractivity contribution in [2.24, 2.45) is 0 Å². The Bertz CT molecular complexity index is 916. The van der Waals surface area contributed by atoms with Crippen LogP contribution in [-0.2, 0) is 6.61 Å². The van der Waals surface area contributed by atoms with Gasteiger partial charge < -0.3 is 14.5 Å². The smallest absolute Gasteiger partial charge is 0.248 e. The van der Waals surface area contributed by atoms with Crippen molar-refractivity contribution in [3.63, 3.8) is 0 Å². The zero-order valence-corrected chi connectivity index (χ0v) is 15.4. The molecule has 3 aromatic heterocycles. The summed E-state index contributed by atoms with van der Waals surface area (Å²) in [5.41, 5.74) is 0.858. The number of pyridine rings is 1. The zero-order chi connectivity index (χ0) is 19.6. The second kappa shape index (κ2) is 7.57. The summed E-state index contributed by atoms with van der Waals surface area (Å²) in [4.78, 5) is 8.61. The molecule has 1 fully saturated rings. The van der Waals surface area contributed by atoms with Crippen LogP contribution < -0.4 is 10.1 Å². The molecular formula is C19H21F2N5O2. The van der Waals surface area contributed by atoms with E-state index in [-0.39, 0.29) is 25.5 Å². The largest absolute Gasteiger partial charge is 0.484 e. The van der Waals surface area contributed by atoms with Gasteiger partial charge >= 0.3 is 0 Å². The van der Waals surface area contributed by atoms with Crippen molar-refractivity contribution in [3.8, 4) is 11.6 Å². The Labute approximate surface area is 160 Å². The highest BCUT2D eigenvalue weighted by molar-refractivity contribution is 5.47. The molecule has 0 bridgehead atoms. The molecule has 28 heavy (non-hydrogen) atoms. The van der Waals surface area contributed by atoms with Crippen molar-refractivity contribution >= 4 is 5.82 Å². The van der Waals surface area contributed by atoms with Crippen LogP contribution in [0.4, 0.5) is 14.6 Å². The zero-order valence-electron chi connectivity index (χ0n) is 15.4. The molecule has 0 aromatic carbocycles. The molecule has 1 saturated carbocycles. The first-order chi connectivity index (χ1) is 13.5. The Morgan fingerprint density at radius 2 is 2.14 bits per heavy atom. The minimum atomic E-state index is -2.57. The topological polar surface area (TPSA) is 78.0 Å². The van der Waals surface area contributed by atoms with E-state index in [1.54, 1.807) is 29.2 Å². The summed E-state index contributed by atoms with van der Waals surface area (Å²) < 4.78 is 39.4. The Hall–Kier alpha value is -2.97. The molecule has 1 aliphatic carbocycles. The summed E-state index contributed by atoms with van der Waals surface area (Å²) >= 11 is 0. The number of aromatic nitrogens is 4. The number of nitrogens with one attached hydrogen (secondary N) is 1.